The van der Waals surface area contributed by atoms with Gasteiger partial charge < -0.3 is 25.6 Å². The van der Waals surface area contributed by atoms with Crippen molar-refractivity contribution in [2.45, 2.75) is 13.5 Å². The van der Waals surface area contributed by atoms with E-state index in [9.17, 15) is 9.90 Å². The summed E-state index contributed by atoms with van der Waals surface area (Å²) in [5.41, 5.74) is 0.513. The maximum atomic E-state index is 12.0. The van der Waals surface area contributed by atoms with Gasteiger partial charge in [0.25, 0.3) is 5.91 Å². The summed E-state index contributed by atoms with van der Waals surface area (Å²) in [7, 11) is 0. The molecule has 0 saturated carbocycles. The number of carbonyl (C=O) groups is 1. The third-order valence-corrected chi connectivity index (χ3v) is 3.47. The molecule has 0 fully saturated rings. The van der Waals surface area contributed by atoms with E-state index in [1.165, 1.54) is 12.1 Å². The molecule has 0 saturated heterocycles. The van der Waals surface area contributed by atoms with Crippen LogP contribution in [-0.4, -0.2) is 47.7 Å². The van der Waals surface area contributed by atoms with E-state index in [1.54, 1.807) is 12.1 Å². The molecular weight excluding hydrogens is 318 g/mol. The molecule has 25 heavy (non-hydrogen) atoms. The number of phenolic OH excluding ortho intramolecular Hbond substituents is 1. The van der Waals surface area contributed by atoms with E-state index in [0.717, 1.165) is 25.6 Å². The lowest BCUT2D eigenvalue weighted by atomic mass is 10.2. The van der Waals surface area contributed by atoms with Gasteiger partial charge in [0.2, 0.25) is 0 Å². The van der Waals surface area contributed by atoms with Gasteiger partial charge in [-0.15, -0.1) is 0 Å². The number of nitrogens with zero attached hydrogens (tertiary/aromatic N) is 2. The lowest BCUT2D eigenvalue weighted by Gasteiger charge is -2.12. The molecular formula is C18H25N5O2. The number of hydrogen-bond acceptors (Lipinski definition) is 3. The average Bonchev–Trinajstić information content (AvgIpc) is 3.12. The summed E-state index contributed by atoms with van der Waals surface area (Å²) >= 11 is 0. The van der Waals surface area contributed by atoms with Crippen molar-refractivity contribution in [3.8, 4) is 5.75 Å². The molecule has 0 bridgehead atoms. The van der Waals surface area contributed by atoms with Crippen molar-refractivity contribution >= 4 is 11.9 Å². The van der Waals surface area contributed by atoms with Crippen LogP contribution in [0.4, 0.5) is 0 Å². The zero-order valence-corrected chi connectivity index (χ0v) is 14.4. The molecule has 0 unspecified atom stereocenters. The topological polar surface area (TPSA) is 90.7 Å². The number of carbonyl (C=O) groups excluding carboxylic acids is 1. The first-order chi connectivity index (χ1) is 12.2. The summed E-state index contributed by atoms with van der Waals surface area (Å²) in [6.45, 7) is 5.32. The Hall–Kier alpha value is -2.96. The summed E-state index contributed by atoms with van der Waals surface area (Å²) in [6, 6.07) is 10.1. The van der Waals surface area contributed by atoms with E-state index in [4.69, 9.17) is 0 Å². The molecule has 1 heterocycles. The van der Waals surface area contributed by atoms with Gasteiger partial charge in [-0.3, -0.25) is 9.79 Å². The smallest absolute Gasteiger partial charge is 0.251 e. The standard InChI is InChI=1S/C18H25N5O2/c1-2-19-18(22-11-14-23-12-3-4-13-23)21-10-9-20-17(25)15-5-7-16(24)8-6-15/h3-8,12-13,24H,2,9-11,14H2,1H3,(H,20,25)(H2,19,21,22). The van der Waals surface area contributed by atoms with Gasteiger partial charge in [-0.1, -0.05) is 0 Å². The number of aliphatic imine (C=N–C) groups is 1. The van der Waals surface area contributed by atoms with Crippen molar-refractivity contribution in [3.63, 3.8) is 0 Å². The highest BCUT2D eigenvalue weighted by Gasteiger charge is 2.04. The highest BCUT2D eigenvalue weighted by molar-refractivity contribution is 5.94. The summed E-state index contributed by atoms with van der Waals surface area (Å²) < 4.78 is 2.09. The van der Waals surface area contributed by atoms with Crippen LogP contribution in [-0.2, 0) is 6.54 Å². The van der Waals surface area contributed by atoms with Gasteiger partial charge in [0.15, 0.2) is 5.96 Å². The van der Waals surface area contributed by atoms with Crippen LogP contribution in [0.2, 0.25) is 0 Å². The van der Waals surface area contributed by atoms with Crippen molar-refractivity contribution in [3.05, 3.63) is 54.4 Å². The van der Waals surface area contributed by atoms with Crippen molar-refractivity contribution in [1.29, 1.82) is 0 Å². The molecule has 0 aliphatic carbocycles. The van der Waals surface area contributed by atoms with E-state index in [-0.39, 0.29) is 11.7 Å². The second-order valence-electron chi connectivity index (χ2n) is 5.41. The molecule has 7 heteroatoms. The summed E-state index contributed by atoms with van der Waals surface area (Å²) in [6.07, 6.45) is 4.04. The van der Waals surface area contributed by atoms with Crippen molar-refractivity contribution < 1.29 is 9.90 Å². The van der Waals surface area contributed by atoms with Gasteiger partial charge in [-0.05, 0) is 43.3 Å². The first-order valence-corrected chi connectivity index (χ1v) is 8.39. The number of hydrogen-bond donors (Lipinski definition) is 4. The third-order valence-electron chi connectivity index (χ3n) is 3.47. The number of phenols is 1. The van der Waals surface area contributed by atoms with Crippen LogP contribution in [0.3, 0.4) is 0 Å². The summed E-state index contributed by atoms with van der Waals surface area (Å²) in [4.78, 5) is 16.4. The molecule has 1 aromatic heterocycles. The molecule has 0 atom stereocenters. The average molecular weight is 343 g/mol. The second kappa shape index (κ2) is 10.0. The monoisotopic (exact) mass is 343 g/mol. The Labute approximate surface area is 147 Å². The van der Waals surface area contributed by atoms with Crippen LogP contribution >= 0.6 is 0 Å². The maximum Gasteiger partial charge on any atom is 0.251 e. The van der Waals surface area contributed by atoms with Crippen molar-refractivity contribution in [2.75, 3.05) is 26.2 Å². The van der Waals surface area contributed by atoms with Gasteiger partial charge in [0.05, 0.1) is 6.54 Å². The number of guanidine groups is 1. The Bertz CT molecular complexity index is 665. The number of rotatable bonds is 8. The molecule has 7 nitrogen and oxygen atoms in total. The molecule has 0 aliphatic rings. The first kappa shape index (κ1) is 18.4. The molecule has 0 radical (unpaired) electrons. The fraction of sp³-hybridized carbons (Fsp3) is 0.333. The van der Waals surface area contributed by atoms with E-state index in [2.05, 4.69) is 25.5 Å². The lowest BCUT2D eigenvalue weighted by Crippen LogP contribution is -2.39. The minimum Gasteiger partial charge on any atom is -0.508 e. The van der Waals surface area contributed by atoms with Gasteiger partial charge in [-0.2, -0.15) is 0 Å². The first-order valence-electron chi connectivity index (χ1n) is 8.39. The Morgan fingerprint density at radius 2 is 1.80 bits per heavy atom. The van der Waals surface area contributed by atoms with E-state index >= 15 is 0 Å². The Morgan fingerprint density at radius 1 is 1.08 bits per heavy atom. The summed E-state index contributed by atoms with van der Waals surface area (Å²) in [5, 5.41) is 18.5. The van der Waals surface area contributed by atoms with Gasteiger partial charge in [0, 0.05) is 44.1 Å². The SMILES string of the molecule is CCNC(=NCCNC(=O)c1ccc(O)cc1)NCCn1cccc1. The minimum absolute atomic E-state index is 0.141. The van der Waals surface area contributed by atoms with E-state index in [0.29, 0.717) is 18.7 Å². The number of aromatic hydroxyl groups is 1. The largest absolute Gasteiger partial charge is 0.508 e. The van der Waals surface area contributed by atoms with Crippen LogP contribution in [0.25, 0.3) is 0 Å². The Morgan fingerprint density at radius 3 is 2.48 bits per heavy atom. The Balaban J connectivity index is 1.72. The quantitative estimate of drug-likeness (QED) is 0.329. The van der Waals surface area contributed by atoms with Gasteiger partial charge >= 0.3 is 0 Å². The van der Waals surface area contributed by atoms with Crippen molar-refractivity contribution in [2.24, 2.45) is 4.99 Å². The van der Waals surface area contributed by atoms with Crippen LogP contribution < -0.4 is 16.0 Å². The predicted molar refractivity (Wildman–Crippen MR) is 98.9 cm³/mol. The number of benzene rings is 1. The zero-order chi connectivity index (χ0) is 17.9. The predicted octanol–water partition coefficient (Wildman–Crippen LogP) is 1.18. The number of nitrogens with one attached hydrogen (secondary N) is 3. The molecule has 2 rings (SSSR count). The molecule has 0 spiro atoms. The fourth-order valence-electron chi connectivity index (χ4n) is 2.22. The van der Waals surface area contributed by atoms with Crippen molar-refractivity contribution in [1.82, 2.24) is 20.5 Å². The van der Waals surface area contributed by atoms with E-state index < -0.39 is 0 Å². The normalized spacial score (nSPS) is 11.2. The zero-order valence-electron chi connectivity index (χ0n) is 14.4. The number of amides is 1. The molecule has 2 aromatic rings. The van der Waals surface area contributed by atoms with E-state index in [1.807, 2.05) is 31.5 Å². The molecule has 0 aliphatic heterocycles. The van der Waals surface area contributed by atoms with Gasteiger partial charge in [0.1, 0.15) is 5.75 Å². The summed E-state index contributed by atoms with van der Waals surface area (Å²) in [5.74, 6) is 0.691. The van der Waals surface area contributed by atoms with Crippen LogP contribution in [0.5, 0.6) is 5.75 Å². The molecule has 134 valence electrons. The molecule has 1 amide bonds. The maximum absolute atomic E-state index is 12.0. The third kappa shape index (κ3) is 6.58. The number of aromatic nitrogens is 1. The second-order valence-corrected chi connectivity index (χ2v) is 5.41. The van der Waals surface area contributed by atoms with Crippen LogP contribution in [0, 0.1) is 0 Å². The molecule has 4 N–H and O–H groups in total. The van der Waals surface area contributed by atoms with Crippen LogP contribution in [0.1, 0.15) is 17.3 Å². The lowest BCUT2D eigenvalue weighted by molar-refractivity contribution is 0.0955. The minimum atomic E-state index is -0.180. The van der Waals surface area contributed by atoms with Gasteiger partial charge in [-0.25, -0.2) is 0 Å². The highest BCUT2D eigenvalue weighted by atomic mass is 16.3. The van der Waals surface area contributed by atoms with Crippen LogP contribution in [0.15, 0.2) is 53.8 Å². The molecule has 1 aromatic carbocycles. The fourth-order valence-corrected chi connectivity index (χ4v) is 2.22. The Kier molecular flexibility index (Phi) is 7.37. The highest BCUT2D eigenvalue weighted by Crippen LogP contribution is 2.09.